The first-order chi connectivity index (χ1) is 6.91. The number of aliphatic hydroxyl groups excluding tert-OH is 4. The van der Waals surface area contributed by atoms with Crippen molar-refractivity contribution in [2.24, 2.45) is 0 Å². The van der Waals surface area contributed by atoms with Gasteiger partial charge in [0.15, 0.2) is 10.8 Å². The van der Waals surface area contributed by atoms with E-state index in [0.29, 0.717) is 10.4 Å². The van der Waals surface area contributed by atoms with E-state index in [1.165, 1.54) is 0 Å². The predicted molar refractivity (Wildman–Crippen MR) is 54.3 cm³/mol. The van der Waals surface area contributed by atoms with E-state index in [-0.39, 0.29) is 0 Å². The standard InChI is InChI=1S/C6H13NO6Si2/c8-1-2(9)4(11)6(13)15(7-14)5(12)3(1)10/h1-4,7-11,15H,14H3. The summed E-state index contributed by atoms with van der Waals surface area (Å²) in [5, 5.41) is 35.6. The molecule has 0 aromatic carbocycles. The van der Waals surface area contributed by atoms with Gasteiger partial charge in [0.25, 0.3) is 8.96 Å². The van der Waals surface area contributed by atoms with E-state index in [9.17, 15) is 30.0 Å². The molecule has 0 aromatic heterocycles. The van der Waals surface area contributed by atoms with Crippen LogP contribution in [0.25, 0.3) is 0 Å². The van der Waals surface area contributed by atoms with Crippen LogP contribution in [0.2, 0.25) is 0 Å². The zero-order valence-corrected chi connectivity index (χ0v) is 11.1. The van der Waals surface area contributed by atoms with Crippen molar-refractivity contribution in [3.8, 4) is 0 Å². The number of carbonyl (C=O) groups excluding carboxylic acids is 2. The third-order valence-corrected chi connectivity index (χ3v) is 6.57. The molecule has 0 spiro atoms. The molecule has 0 saturated carbocycles. The molecule has 1 aliphatic rings. The van der Waals surface area contributed by atoms with Crippen molar-refractivity contribution in [3.63, 3.8) is 0 Å². The molecular formula is C6H13NO6Si2. The van der Waals surface area contributed by atoms with Crippen LogP contribution in [-0.4, -0.2) is 75.0 Å². The molecule has 15 heavy (non-hydrogen) atoms. The van der Waals surface area contributed by atoms with E-state index in [2.05, 4.69) is 4.65 Å². The maximum absolute atomic E-state index is 11.5. The Kier molecular flexibility index (Phi) is 3.89. The highest BCUT2D eigenvalue weighted by Gasteiger charge is 2.48. The Bertz CT molecular complexity index is 261. The molecule has 1 heterocycles. The van der Waals surface area contributed by atoms with Crippen LogP contribution in [0.5, 0.6) is 0 Å². The molecule has 0 amide bonds. The number of hydrogen-bond donors (Lipinski definition) is 5. The van der Waals surface area contributed by atoms with Crippen molar-refractivity contribution in [3.05, 3.63) is 0 Å². The van der Waals surface area contributed by atoms with E-state index in [0.717, 1.165) is 0 Å². The van der Waals surface area contributed by atoms with E-state index in [1.807, 2.05) is 0 Å². The van der Waals surface area contributed by atoms with Crippen LogP contribution in [0.3, 0.4) is 0 Å². The minimum Gasteiger partial charge on any atom is -0.387 e. The topological polar surface area (TPSA) is 127 Å². The average molecular weight is 251 g/mol. The Morgan fingerprint density at radius 1 is 1.00 bits per heavy atom. The summed E-state index contributed by atoms with van der Waals surface area (Å²) >= 11 is 0. The number of aliphatic hydroxyl groups is 4. The lowest BCUT2D eigenvalue weighted by atomic mass is 10.1. The molecule has 1 saturated heterocycles. The summed E-state index contributed by atoms with van der Waals surface area (Å²) < 4.78 is 2.58. The van der Waals surface area contributed by atoms with Crippen molar-refractivity contribution in [2.45, 2.75) is 24.4 Å². The third kappa shape index (κ3) is 2.08. The Morgan fingerprint density at radius 2 is 1.33 bits per heavy atom. The Hall–Kier alpha value is -0.426. The fraction of sp³-hybridized carbons (Fsp3) is 0.667. The van der Waals surface area contributed by atoms with Crippen LogP contribution in [-0.2, 0) is 9.59 Å². The van der Waals surface area contributed by atoms with Gasteiger partial charge in [0.2, 0.25) is 0 Å². The van der Waals surface area contributed by atoms with Crippen LogP contribution in [0.4, 0.5) is 0 Å². The van der Waals surface area contributed by atoms with Crippen molar-refractivity contribution in [2.75, 3.05) is 0 Å². The lowest BCUT2D eigenvalue weighted by Crippen LogP contribution is -2.54. The smallest absolute Gasteiger partial charge is 0.261 e. The summed E-state index contributed by atoms with van der Waals surface area (Å²) in [6, 6.07) is 0. The van der Waals surface area contributed by atoms with E-state index in [1.54, 1.807) is 0 Å². The summed E-state index contributed by atoms with van der Waals surface area (Å²) in [5.41, 5.74) is 0. The van der Waals surface area contributed by atoms with Crippen LogP contribution in [0, 0.1) is 0 Å². The number of hydrogen-bond acceptors (Lipinski definition) is 7. The van der Waals surface area contributed by atoms with Gasteiger partial charge in [-0.3, -0.25) is 0 Å². The van der Waals surface area contributed by atoms with Crippen LogP contribution in [0.1, 0.15) is 0 Å². The van der Waals surface area contributed by atoms with Gasteiger partial charge in [-0.15, -0.1) is 0 Å². The second-order valence-electron chi connectivity index (χ2n) is 3.40. The third-order valence-electron chi connectivity index (χ3n) is 2.44. The van der Waals surface area contributed by atoms with Gasteiger partial charge in [-0.25, -0.2) is 0 Å². The summed E-state index contributed by atoms with van der Waals surface area (Å²) in [6.45, 7) is 0. The van der Waals surface area contributed by atoms with Crippen molar-refractivity contribution >= 4 is 30.2 Å². The zero-order valence-electron chi connectivity index (χ0n) is 7.99. The lowest BCUT2D eigenvalue weighted by molar-refractivity contribution is -0.140. The van der Waals surface area contributed by atoms with Gasteiger partial charge >= 0.3 is 0 Å². The van der Waals surface area contributed by atoms with Gasteiger partial charge in [0.1, 0.15) is 24.4 Å². The molecule has 86 valence electrons. The first kappa shape index (κ1) is 12.6. The molecule has 0 radical (unpaired) electrons. The molecule has 5 N–H and O–H groups in total. The molecule has 0 aliphatic carbocycles. The molecular weight excluding hydrogens is 238 g/mol. The molecule has 7 nitrogen and oxygen atoms in total. The quantitative estimate of drug-likeness (QED) is 0.294. The minimum absolute atomic E-state index is 0.358. The van der Waals surface area contributed by atoms with Gasteiger partial charge in [0.05, 0.1) is 10.4 Å². The van der Waals surface area contributed by atoms with Crippen LogP contribution < -0.4 is 4.65 Å². The summed E-state index contributed by atoms with van der Waals surface area (Å²) in [5.74, 6) is 0. The molecule has 4 atom stereocenters. The predicted octanol–water partition coefficient (Wildman–Crippen LogP) is -5.75. The fourth-order valence-electron chi connectivity index (χ4n) is 1.48. The summed E-state index contributed by atoms with van der Waals surface area (Å²) in [4.78, 5) is 22.9. The highest BCUT2D eigenvalue weighted by molar-refractivity contribution is 7.12. The van der Waals surface area contributed by atoms with Crippen LogP contribution >= 0.6 is 0 Å². The van der Waals surface area contributed by atoms with E-state index in [4.69, 9.17) is 0 Å². The molecule has 1 fully saturated rings. The molecule has 0 aromatic rings. The largest absolute Gasteiger partial charge is 0.387 e. The lowest BCUT2D eigenvalue weighted by Gasteiger charge is -2.20. The fourth-order valence-corrected chi connectivity index (χ4v) is 5.11. The van der Waals surface area contributed by atoms with Crippen LogP contribution in [0.15, 0.2) is 0 Å². The first-order valence-corrected chi connectivity index (χ1v) is 7.12. The second-order valence-corrected chi connectivity index (χ2v) is 7.71. The number of carbonyl (C=O) groups is 2. The highest BCUT2D eigenvalue weighted by Crippen LogP contribution is 2.13. The molecule has 9 heteroatoms. The molecule has 1 aliphatic heterocycles. The SMILES string of the molecule is O=C1C(O)C(O)C(O)C(O)C(=O)[SiH]1N[SiH3]. The van der Waals surface area contributed by atoms with Crippen molar-refractivity contribution in [1.82, 2.24) is 4.65 Å². The van der Waals surface area contributed by atoms with E-state index < -0.39 is 44.2 Å². The maximum Gasteiger partial charge on any atom is 0.261 e. The van der Waals surface area contributed by atoms with Gasteiger partial charge < -0.3 is 34.7 Å². The monoisotopic (exact) mass is 251 g/mol. The Balaban J connectivity index is 3.07. The first-order valence-electron chi connectivity index (χ1n) is 4.38. The number of rotatable bonds is 1. The maximum atomic E-state index is 11.5. The minimum atomic E-state index is -2.82. The van der Waals surface area contributed by atoms with Gasteiger partial charge in [-0.05, 0) is 0 Å². The molecule has 4 unspecified atom stereocenters. The average Bonchev–Trinajstić information content (AvgIpc) is 2.28. The normalized spacial score (nSPS) is 43.1. The van der Waals surface area contributed by atoms with Gasteiger partial charge in [-0.2, -0.15) is 0 Å². The summed E-state index contributed by atoms with van der Waals surface area (Å²) in [7, 11) is -2.46. The second kappa shape index (κ2) is 4.61. The van der Waals surface area contributed by atoms with Crippen molar-refractivity contribution < 1.29 is 30.0 Å². The Labute approximate surface area is 89.9 Å². The highest BCUT2D eigenvalue weighted by atomic mass is 28.3. The van der Waals surface area contributed by atoms with Gasteiger partial charge in [0, 0.05) is 0 Å². The van der Waals surface area contributed by atoms with E-state index >= 15 is 0 Å². The van der Waals surface area contributed by atoms with Crippen molar-refractivity contribution in [1.29, 1.82) is 0 Å². The summed E-state index contributed by atoms with van der Waals surface area (Å²) in [6.07, 6.45) is -7.24. The zero-order chi connectivity index (χ0) is 11.7. The molecule has 1 rings (SSSR count). The molecule has 0 bridgehead atoms. The van der Waals surface area contributed by atoms with Gasteiger partial charge in [-0.1, -0.05) is 0 Å². The number of nitrogens with one attached hydrogen (secondary N) is 1. The Morgan fingerprint density at radius 3 is 1.60 bits per heavy atom.